The molecule has 0 saturated heterocycles. The first-order valence-electron chi connectivity index (χ1n) is 6.86. The van der Waals surface area contributed by atoms with Crippen LogP contribution in [0, 0.1) is 6.92 Å². The van der Waals surface area contributed by atoms with Crippen molar-refractivity contribution in [1.82, 2.24) is 5.32 Å². The number of ketones is 1. The summed E-state index contributed by atoms with van der Waals surface area (Å²) in [5.41, 5.74) is 2.77. The normalized spacial score (nSPS) is 10.0. The molecule has 2 rings (SSSR count). The van der Waals surface area contributed by atoms with Crippen molar-refractivity contribution in [3.05, 3.63) is 63.6 Å². The van der Waals surface area contributed by atoms with Crippen LogP contribution in [0.15, 0.2) is 46.9 Å². The Kier molecular flexibility index (Phi) is 5.63. The monoisotopic (exact) mass is 390 g/mol. The van der Waals surface area contributed by atoms with Gasteiger partial charge in [0.05, 0.1) is 0 Å². The number of anilines is 1. The van der Waals surface area contributed by atoms with E-state index in [0.717, 1.165) is 10.0 Å². The molecule has 2 aromatic carbocycles. The number of benzene rings is 2. The lowest BCUT2D eigenvalue weighted by atomic mass is 10.1. The average molecular weight is 391 g/mol. The number of amides is 1. The molecule has 0 bridgehead atoms. The third kappa shape index (κ3) is 4.71. The van der Waals surface area contributed by atoms with Gasteiger partial charge < -0.3 is 5.32 Å². The molecule has 0 radical (unpaired) electrons. The molecule has 0 saturated carbocycles. The van der Waals surface area contributed by atoms with Crippen LogP contribution < -0.4 is 10.6 Å². The van der Waals surface area contributed by atoms with Gasteiger partial charge in [-0.1, -0.05) is 34.1 Å². The number of carbonyl (C=O) groups is 2. The molecule has 0 aliphatic heterocycles. The Bertz CT molecular complexity index is 790. The van der Waals surface area contributed by atoms with Crippen molar-refractivity contribution in [3.63, 3.8) is 0 Å². The number of hydrogen-bond donors (Lipinski definition) is 2. The predicted octanol–water partition coefficient (Wildman–Crippen LogP) is 4.09. The summed E-state index contributed by atoms with van der Waals surface area (Å²) in [5.74, 6) is -0.334. The van der Waals surface area contributed by atoms with Crippen molar-refractivity contribution >= 4 is 50.6 Å². The van der Waals surface area contributed by atoms with Gasteiger partial charge >= 0.3 is 0 Å². The number of rotatable bonds is 3. The number of nitrogens with one attached hydrogen (secondary N) is 2. The van der Waals surface area contributed by atoms with Crippen LogP contribution in [0.1, 0.15) is 33.2 Å². The van der Waals surface area contributed by atoms with Crippen LogP contribution in [0.3, 0.4) is 0 Å². The van der Waals surface area contributed by atoms with Crippen molar-refractivity contribution in [2.45, 2.75) is 13.8 Å². The second kappa shape index (κ2) is 7.48. The Hall–Kier alpha value is -2.05. The smallest absolute Gasteiger partial charge is 0.257 e. The molecule has 0 fully saturated rings. The molecule has 1 amide bonds. The highest BCUT2D eigenvalue weighted by Gasteiger charge is 2.10. The molecule has 0 aromatic heterocycles. The molecule has 0 atom stereocenters. The van der Waals surface area contributed by atoms with Gasteiger partial charge in [0.1, 0.15) is 0 Å². The van der Waals surface area contributed by atoms with Gasteiger partial charge in [-0.15, -0.1) is 0 Å². The highest BCUT2D eigenvalue weighted by atomic mass is 79.9. The molecule has 2 aromatic rings. The summed E-state index contributed by atoms with van der Waals surface area (Å²) in [6.45, 7) is 3.44. The predicted molar refractivity (Wildman–Crippen MR) is 99.0 cm³/mol. The minimum Gasteiger partial charge on any atom is -0.332 e. The molecule has 118 valence electrons. The fourth-order valence-electron chi connectivity index (χ4n) is 1.89. The minimum atomic E-state index is -0.300. The zero-order valence-corrected chi connectivity index (χ0v) is 15.0. The van der Waals surface area contributed by atoms with E-state index in [0.29, 0.717) is 16.8 Å². The van der Waals surface area contributed by atoms with Gasteiger partial charge in [0.25, 0.3) is 5.91 Å². The zero-order chi connectivity index (χ0) is 17.0. The van der Waals surface area contributed by atoms with Crippen molar-refractivity contribution < 1.29 is 9.59 Å². The first kappa shape index (κ1) is 17.3. The van der Waals surface area contributed by atoms with Gasteiger partial charge in [0.2, 0.25) is 0 Å². The number of hydrogen-bond acceptors (Lipinski definition) is 3. The van der Waals surface area contributed by atoms with E-state index >= 15 is 0 Å². The fourth-order valence-corrected chi connectivity index (χ4v) is 2.48. The Morgan fingerprint density at radius 3 is 2.48 bits per heavy atom. The van der Waals surface area contributed by atoms with Crippen LogP contribution in [0.4, 0.5) is 5.69 Å². The number of aryl methyl sites for hydroxylation is 1. The van der Waals surface area contributed by atoms with Gasteiger partial charge in [0.15, 0.2) is 10.9 Å². The van der Waals surface area contributed by atoms with Gasteiger partial charge in [-0.05, 0) is 55.9 Å². The minimum absolute atomic E-state index is 0.0342. The van der Waals surface area contributed by atoms with E-state index < -0.39 is 0 Å². The molecular formula is C17H15BrN2O2S. The number of carbonyl (C=O) groups excluding carboxylic acids is 2. The molecule has 23 heavy (non-hydrogen) atoms. The van der Waals surface area contributed by atoms with Crippen LogP contribution in [-0.4, -0.2) is 16.8 Å². The topological polar surface area (TPSA) is 58.2 Å². The van der Waals surface area contributed by atoms with E-state index in [1.165, 1.54) is 6.92 Å². The first-order chi connectivity index (χ1) is 10.9. The van der Waals surface area contributed by atoms with Crippen molar-refractivity contribution in [1.29, 1.82) is 0 Å². The summed E-state index contributed by atoms with van der Waals surface area (Å²) >= 11 is 8.54. The van der Waals surface area contributed by atoms with Crippen molar-refractivity contribution in [2.75, 3.05) is 5.32 Å². The maximum absolute atomic E-state index is 12.2. The fraction of sp³-hybridized carbons (Fsp3) is 0.118. The van der Waals surface area contributed by atoms with Crippen molar-refractivity contribution in [2.24, 2.45) is 0 Å². The molecule has 2 N–H and O–H groups in total. The molecule has 0 spiro atoms. The van der Waals surface area contributed by atoms with E-state index in [2.05, 4.69) is 26.6 Å². The standard InChI is InChI=1S/C17H15BrN2O2S/c1-10-6-7-13(9-15(10)18)16(22)20-17(23)19-14-5-3-4-12(8-14)11(2)21/h3-9H,1-2H3,(H2,19,20,22,23). The van der Waals surface area contributed by atoms with Crippen LogP contribution >= 0.6 is 28.1 Å². The Morgan fingerprint density at radius 2 is 1.83 bits per heavy atom. The second-order valence-corrected chi connectivity index (χ2v) is 6.27. The molecule has 0 heterocycles. The van der Waals surface area contributed by atoms with E-state index in [1.807, 2.05) is 13.0 Å². The largest absolute Gasteiger partial charge is 0.332 e. The summed E-state index contributed by atoms with van der Waals surface area (Å²) in [6.07, 6.45) is 0. The second-order valence-electron chi connectivity index (χ2n) is 5.01. The summed E-state index contributed by atoms with van der Waals surface area (Å²) in [7, 11) is 0. The van der Waals surface area contributed by atoms with Crippen LogP contribution in [0.5, 0.6) is 0 Å². The highest BCUT2D eigenvalue weighted by molar-refractivity contribution is 9.10. The average Bonchev–Trinajstić information content (AvgIpc) is 2.50. The van der Waals surface area contributed by atoms with Crippen LogP contribution in [0.2, 0.25) is 0 Å². The first-order valence-corrected chi connectivity index (χ1v) is 8.06. The molecule has 4 nitrogen and oxygen atoms in total. The van der Waals surface area contributed by atoms with Crippen LogP contribution in [-0.2, 0) is 0 Å². The quantitative estimate of drug-likeness (QED) is 0.611. The lowest BCUT2D eigenvalue weighted by Crippen LogP contribution is -2.34. The van der Waals surface area contributed by atoms with Crippen LogP contribution in [0.25, 0.3) is 0 Å². The Morgan fingerprint density at radius 1 is 1.09 bits per heavy atom. The summed E-state index contributed by atoms with van der Waals surface area (Å²) in [6, 6.07) is 12.3. The van der Waals surface area contributed by atoms with Crippen molar-refractivity contribution in [3.8, 4) is 0 Å². The SMILES string of the molecule is CC(=O)c1cccc(NC(=S)NC(=O)c2ccc(C)c(Br)c2)c1. The highest BCUT2D eigenvalue weighted by Crippen LogP contribution is 2.17. The van der Waals surface area contributed by atoms with E-state index in [1.54, 1.807) is 36.4 Å². The van der Waals surface area contributed by atoms with Gasteiger partial charge in [0, 0.05) is 21.3 Å². The number of thiocarbonyl (C=S) groups is 1. The molecule has 6 heteroatoms. The maximum Gasteiger partial charge on any atom is 0.257 e. The molecule has 0 unspecified atom stereocenters. The number of Topliss-reactive ketones (excluding diaryl/α,β-unsaturated/α-hetero) is 1. The maximum atomic E-state index is 12.2. The van der Waals surface area contributed by atoms with E-state index in [-0.39, 0.29) is 16.8 Å². The van der Waals surface area contributed by atoms with Gasteiger partial charge in [-0.2, -0.15) is 0 Å². The van der Waals surface area contributed by atoms with Gasteiger partial charge in [-0.3, -0.25) is 14.9 Å². The van der Waals surface area contributed by atoms with E-state index in [9.17, 15) is 9.59 Å². The Labute approximate surface area is 148 Å². The lowest BCUT2D eigenvalue weighted by Gasteiger charge is -2.11. The number of halogens is 1. The van der Waals surface area contributed by atoms with Gasteiger partial charge in [-0.25, -0.2) is 0 Å². The third-order valence-corrected chi connectivity index (χ3v) is 4.25. The lowest BCUT2D eigenvalue weighted by molar-refractivity contribution is 0.0975. The molecular weight excluding hydrogens is 376 g/mol. The third-order valence-electron chi connectivity index (χ3n) is 3.19. The summed E-state index contributed by atoms with van der Waals surface area (Å²) in [5, 5.41) is 5.69. The Balaban J connectivity index is 2.04. The zero-order valence-electron chi connectivity index (χ0n) is 12.6. The molecule has 0 aliphatic carbocycles. The van der Waals surface area contributed by atoms with E-state index in [4.69, 9.17) is 12.2 Å². The summed E-state index contributed by atoms with van der Waals surface area (Å²) in [4.78, 5) is 23.5. The molecule has 0 aliphatic rings. The summed E-state index contributed by atoms with van der Waals surface area (Å²) < 4.78 is 0.859.